The van der Waals surface area contributed by atoms with Gasteiger partial charge in [0.05, 0.1) is 5.02 Å². The third-order valence-electron chi connectivity index (χ3n) is 1.66. The molecule has 0 atom stereocenters. The predicted octanol–water partition coefficient (Wildman–Crippen LogP) is 1.52. The van der Waals surface area contributed by atoms with Crippen LogP contribution in [0.1, 0.15) is 0 Å². The third-order valence-corrected chi connectivity index (χ3v) is 1.95. The van der Waals surface area contributed by atoms with Crippen LogP contribution in [-0.2, 0) is 14.3 Å². The Bertz CT molecular complexity index is 438. The van der Waals surface area contributed by atoms with Gasteiger partial charge in [-0.3, -0.25) is 4.79 Å². The summed E-state index contributed by atoms with van der Waals surface area (Å²) in [5.74, 6) is -2.30. The van der Waals surface area contributed by atoms with E-state index in [9.17, 15) is 14.0 Å². The van der Waals surface area contributed by atoms with Gasteiger partial charge in [-0.15, -0.1) is 0 Å². The van der Waals surface area contributed by atoms with E-state index in [1.54, 1.807) is 0 Å². The second-order valence-electron chi connectivity index (χ2n) is 3.06. The van der Waals surface area contributed by atoms with Crippen molar-refractivity contribution < 1.29 is 23.8 Å². The molecule has 7 heteroatoms. The van der Waals surface area contributed by atoms with Crippen LogP contribution in [-0.4, -0.2) is 30.2 Å². The molecule has 0 saturated heterocycles. The lowest BCUT2D eigenvalue weighted by Gasteiger charge is -2.05. The van der Waals surface area contributed by atoms with Gasteiger partial charge in [0.1, 0.15) is 19.0 Å². The fraction of sp³-hybridized carbons (Fsp3) is 0.200. The highest BCUT2D eigenvalue weighted by atomic mass is 35.5. The van der Waals surface area contributed by atoms with Crippen molar-refractivity contribution in [2.24, 2.45) is 0 Å². The maximum Gasteiger partial charge on any atom is 0.329 e. The summed E-state index contributed by atoms with van der Waals surface area (Å²) in [6, 6.07) is 3.68. The number of ether oxygens (including phenoxy) is 1. The molecule has 0 radical (unpaired) electrons. The number of benzene rings is 1. The Labute approximate surface area is 101 Å². The van der Waals surface area contributed by atoms with Gasteiger partial charge in [0.25, 0.3) is 0 Å². The first kappa shape index (κ1) is 13.4. The van der Waals surface area contributed by atoms with Crippen molar-refractivity contribution in [3.8, 4) is 0 Å². The number of rotatable bonds is 5. The maximum atomic E-state index is 12.8. The summed E-state index contributed by atoms with van der Waals surface area (Å²) in [5.41, 5.74) is 0.306. The van der Waals surface area contributed by atoms with Crippen molar-refractivity contribution >= 4 is 29.2 Å². The van der Waals surface area contributed by atoms with E-state index >= 15 is 0 Å². The highest BCUT2D eigenvalue weighted by molar-refractivity contribution is 6.31. The number of carbonyl (C=O) groups is 2. The second kappa shape index (κ2) is 6.17. The van der Waals surface area contributed by atoms with Gasteiger partial charge in [-0.1, -0.05) is 11.6 Å². The van der Waals surface area contributed by atoms with Gasteiger partial charge in [-0.25, -0.2) is 9.18 Å². The molecule has 1 amide bonds. The largest absolute Gasteiger partial charge is 0.480 e. The summed E-state index contributed by atoms with van der Waals surface area (Å²) in [5, 5.41) is 10.5. The monoisotopic (exact) mass is 261 g/mol. The lowest BCUT2D eigenvalue weighted by atomic mass is 10.3. The van der Waals surface area contributed by atoms with Crippen LogP contribution >= 0.6 is 11.6 Å². The van der Waals surface area contributed by atoms with Crippen LogP contribution in [0.5, 0.6) is 0 Å². The number of nitrogens with one attached hydrogen (secondary N) is 1. The van der Waals surface area contributed by atoms with E-state index in [4.69, 9.17) is 16.7 Å². The van der Waals surface area contributed by atoms with E-state index in [0.717, 1.165) is 6.07 Å². The van der Waals surface area contributed by atoms with Gasteiger partial charge in [-0.05, 0) is 18.2 Å². The number of anilines is 1. The standard InChI is InChI=1S/C10H9ClFNO4/c11-7-3-6(1-2-8(7)12)13-9(14)4-17-5-10(15)16/h1-3H,4-5H2,(H,13,14)(H,15,16). The lowest BCUT2D eigenvalue weighted by Crippen LogP contribution is -2.20. The molecule has 0 heterocycles. The highest BCUT2D eigenvalue weighted by Gasteiger charge is 2.06. The molecule has 92 valence electrons. The van der Waals surface area contributed by atoms with Crippen LogP contribution in [0.2, 0.25) is 5.02 Å². The molecule has 0 aliphatic rings. The predicted molar refractivity (Wildman–Crippen MR) is 58.5 cm³/mol. The molecule has 1 aromatic rings. The Kier molecular flexibility index (Phi) is 4.86. The van der Waals surface area contributed by atoms with E-state index in [0.29, 0.717) is 5.69 Å². The Balaban J connectivity index is 2.45. The summed E-state index contributed by atoms with van der Waals surface area (Å²) >= 11 is 5.51. The normalized spacial score (nSPS) is 10.0. The molecule has 2 N–H and O–H groups in total. The van der Waals surface area contributed by atoms with Crippen LogP contribution in [0.3, 0.4) is 0 Å². The quantitative estimate of drug-likeness (QED) is 0.843. The molecule has 1 rings (SSSR count). The first-order valence-corrected chi connectivity index (χ1v) is 4.91. The molecule has 0 unspecified atom stereocenters. The second-order valence-corrected chi connectivity index (χ2v) is 3.47. The summed E-state index contributed by atoms with van der Waals surface area (Å²) < 4.78 is 17.4. The first-order valence-electron chi connectivity index (χ1n) is 4.53. The van der Waals surface area contributed by atoms with E-state index in [2.05, 4.69) is 10.1 Å². The van der Waals surface area contributed by atoms with Crippen molar-refractivity contribution in [1.29, 1.82) is 0 Å². The zero-order valence-corrected chi connectivity index (χ0v) is 9.33. The maximum absolute atomic E-state index is 12.8. The zero-order valence-electron chi connectivity index (χ0n) is 8.57. The van der Waals surface area contributed by atoms with Crippen LogP contribution in [0, 0.1) is 5.82 Å². The minimum Gasteiger partial charge on any atom is -0.480 e. The summed E-state index contributed by atoms with van der Waals surface area (Å²) in [7, 11) is 0. The molecule has 0 aliphatic carbocycles. The van der Waals surface area contributed by atoms with Crippen molar-refractivity contribution in [3.63, 3.8) is 0 Å². The van der Waals surface area contributed by atoms with Crippen LogP contribution in [0.25, 0.3) is 0 Å². The molecule has 0 aliphatic heterocycles. The summed E-state index contributed by atoms with van der Waals surface area (Å²) in [6.07, 6.45) is 0. The number of amides is 1. The molecular formula is C10H9ClFNO4. The number of aliphatic carboxylic acids is 1. The van der Waals surface area contributed by atoms with Crippen molar-refractivity contribution in [1.82, 2.24) is 0 Å². The Hall–Kier alpha value is -1.66. The SMILES string of the molecule is O=C(O)COCC(=O)Nc1ccc(F)c(Cl)c1. The smallest absolute Gasteiger partial charge is 0.329 e. The molecular weight excluding hydrogens is 253 g/mol. The number of hydrogen-bond donors (Lipinski definition) is 2. The van der Waals surface area contributed by atoms with Gasteiger partial charge in [0.15, 0.2) is 0 Å². The summed E-state index contributed by atoms with van der Waals surface area (Å²) in [4.78, 5) is 21.3. The Morgan fingerprint density at radius 3 is 2.71 bits per heavy atom. The van der Waals surface area contributed by atoms with E-state index < -0.39 is 30.9 Å². The number of halogens is 2. The zero-order chi connectivity index (χ0) is 12.8. The molecule has 1 aromatic carbocycles. The number of hydrogen-bond acceptors (Lipinski definition) is 3. The van der Waals surface area contributed by atoms with Gasteiger partial charge < -0.3 is 15.2 Å². The topological polar surface area (TPSA) is 75.6 Å². The molecule has 0 saturated carbocycles. The van der Waals surface area contributed by atoms with Crippen molar-refractivity contribution in [2.45, 2.75) is 0 Å². The van der Waals surface area contributed by atoms with Crippen LogP contribution in [0.15, 0.2) is 18.2 Å². The number of carboxylic acid groups (broad SMARTS) is 1. The fourth-order valence-electron chi connectivity index (χ4n) is 1.00. The average Bonchev–Trinajstić information content (AvgIpc) is 2.23. The first-order chi connectivity index (χ1) is 7.99. The third kappa shape index (κ3) is 4.80. The molecule has 0 fully saturated rings. The summed E-state index contributed by atoms with van der Waals surface area (Å²) in [6.45, 7) is -0.959. The van der Waals surface area contributed by atoms with Crippen LogP contribution < -0.4 is 5.32 Å². The molecule has 0 bridgehead atoms. The van der Waals surface area contributed by atoms with Crippen molar-refractivity contribution in [3.05, 3.63) is 29.0 Å². The molecule has 0 spiro atoms. The van der Waals surface area contributed by atoms with E-state index in [1.165, 1.54) is 12.1 Å². The molecule has 17 heavy (non-hydrogen) atoms. The van der Waals surface area contributed by atoms with Crippen LogP contribution in [0.4, 0.5) is 10.1 Å². The minimum absolute atomic E-state index is 0.116. The van der Waals surface area contributed by atoms with E-state index in [-0.39, 0.29) is 5.02 Å². The lowest BCUT2D eigenvalue weighted by molar-refractivity contribution is -0.143. The Morgan fingerprint density at radius 2 is 2.12 bits per heavy atom. The minimum atomic E-state index is -1.16. The fourth-order valence-corrected chi connectivity index (χ4v) is 1.18. The van der Waals surface area contributed by atoms with Gasteiger partial charge in [0, 0.05) is 5.69 Å². The van der Waals surface area contributed by atoms with Gasteiger partial charge in [-0.2, -0.15) is 0 Å². The van der Waals surface area contributed by atoms with Gasteiger partial charge >= 0.3 is 5.97 Å². The van der Waals surface area contributed by atoms with E-state index in [1.807, 2.05) is 0 Å². The Morgan fingerprint density at radius 1 is 1.41 bits per heavy atom. The highest BCUT2D eigenvalue weighted by Crippen LogP contribution is 2.19. The number of carbonyl (C=O) groups excluding carboxylic acids is 1. The number of carboxylic acids is 1. The molecule has 5 nitrogen and oxygen atoms in total. The van der Waals surface area contributed by atoms with Crippen molar-refractivity contribution in [2.75, 3.05) is 18.5 Å². The van der Waals surface area contributed by atoms with Gasteiger partial charge in [0.2, 0.25) is 5.91 Å². The average molecular weight is 262 g/mol. The molecule has 0 aromatic heterocycles.